The fourth-order valence-electron chi connectivity index (χ4n) is 3.39. The normalized spacial score (nSPS) is 37.9. The SMILES string of the molecule is CC1=CC(O)CC(C)C12CCCC2. The van der Waals surface area contributed by atoms with Crippen molar-refractivity contribution in [2.75, 3.05) is 0 Å². The lowest BCUT2D eigenvalue weighted by Gasteiger charge is -2.41. The van der Waals surface area contributed by atoms with Crippen LogP contribution in [0.1, 0.15) is 46.0 Å². The van der Waals surface area contributed by atoms with Crippen LogP contribution in [0.25, 0.3) is 0 Å². The van der Waals surface area contributed by atoms with E-state index in [-0.39, 0.29) is 6.10 Å². The molecule has 74 valence electrons. The summed E-state index contributed by atoms with van der Waals surface area (Å²) in [6.07, 6.45) is 8.34. The van der Waals surface area contributed by atoms with Gasteiger partial charge in [-0.2, -0.15) is 0 Å². The number of hydrogen-bond acceptors (Lipinski definition) is 1. The highest BCUT2D eigenvalue weighted by Gasteiger charge is 2.43. The number of hydrogen-bond donors (Lipinski definition) is 1. The molecule has 1 N–H and O–H groups in total. The third-order valence-corrected chi connectivity index (χ3v) is 4.26. The Balaban J connectivity index is 2.30. The Morgan fingerprint density at radius 3 is 2.54 bits per heavy atom. The van der Waals surface area contributed by atoms with Gasteiger partial charge in [0.1, 0.15) is 0 Å². The molecule has 1 spiro atoms. The molecule has 0 heterocycles. The largest absolute Gasteiger partial charge is 0.389 e. The van der Waals surface area contributed by atoms with Crippen LogP contribution in [-0.4, -0.2) is 11.2 Å². The standard InChI is InChI=1S/C12H20O/c1-9-7-11(13)8-10(2)12(9)5-3-4-6-12/h7,10-11,13H,3-6,8H2,1-2H3. The molecule has 2 aliphatic carbocycles. The highest BCUT2D eigenvalue weighted by Crippen LogP contribution is 2.53. The van der Waals surface area contributed by atoms with Gasteiger partial charge in [0, 0.05) is 0 Å². The highest BCUT2D eigenvalue weighted by atomic mass is 16.3. The van der Waals surface area contributed by atoms with Gasteiger partial charge in [-0.15, -0.1) is 0 Å². The molecule has 0 aromatic rings. The molecule has 0 saturated heterocycles. The summed E-state index contributed by atoms with van der Waals surface area (Å²) in [4.78, 5) is 0. The maximum Gasteiger partial charge on any atom is 0.0726 e. The summed E-state index contributed by atoms with van der Waals surface area (Å²) in [5.74, 6) is 0.676. The fraction of sp³-hybridized carbons (Fsp3) is 0.833. The van der Waals surface area contributed by atoms with Gasteiger partial charge in [-0.25, -0.2) is 0 Å². The topological polar surface area (TPSA) is 20.2 Å². The minimum atomic E-state index is -0.179. The zero-order valence-corrected chi connectivity index (χ0v) is 8.71. The van der Waals surface area contributed by atoms with Crippen LogP contribution in [0.3, 0.4) is 0 Å². The van der Waals surface area contributed by atoms with Crippen molar-refractivity contribution in [3.05, 3.63) is 11.6 Å². The van der Waals surface area contributed by atoms with Gasteiger partial charge < -0.3 is 5.11 Å². The number of rotatable bonds is 0. The molecular weight excluding hydrogens is 160 g/mol. The molecule has 0 aromatic heterocycles. The maximum atomic E-state index is 9.62. The molecule has 0 radical (unpaired) electrons. The van der Waals surface area contributed by atoms with E-state index in [2.05, 4.69) is 19.9 Å². The Kier molecular flexibility index (Phi) is 2.23. The van der Waals surface area contributed by atoms with Crippen molar-refractivity contribution in [1.82, 2.24) is 0 Å². The first-order chi connectivity index (χ1) is 6.15. The Labute approximate surface area is 80.8 Å². The van der Waals surface area contributed by atoms with Gasteiger partial charge in [-0.1, -0.05) is 31.4 Å². The molecule has 0 amide bonds. The molecule has 2 aliphatic rings. The minimum absolute atomic E-state index is 0.179. The molecule has 13 heavy (non-hydrogen) atoms. The molecule has 2 atom stereocenters. The van der Waals surface area contributed by atoms with Crippen molar-refractivity contribution >= 4 is 0 Å². The summed E-state index contributed by atoms with van der Waals surface area (Å²) < 4.78 is 0. The van der Waals surface area contributed by atoms with Crippen LogP contribution < -0.4 is 0 Å². The van der Waals surface area contributed by atoms with E-state index in [4.69, 9.17) is 0 Å². The van der Waals surface area contributed by atoms with Crippen LogP contribution >= 0.6 is 0 Å². The molecule has 2 unspecified atom stereocenters. The zero-order chi connectivity index (χ0) is 9.47. The van der Waals surface area contributed by atoms with Crippen LogP contribution in [0, 0.1) is 11.3 Å². The van der Waals surface area contributed by atoms with E-state index in [1.165, 1.54) is 31.3 Å². The second-order valence-corrected chi connectivity index (χ2v) is 4.92. The van der Waals surface area contributed by atoms with Gasteiger partial charge in [-0.05, 0) is 37.5 Å². The van der Waals surface area contributed by atoms with E-state index in [1.807, 2.05) is 0 Å². The van der Waals surface area contributed by atoms with Gasteiger partial charge in [0.25, 0.3) is 0 Å². The van der Waals surface area contributed by atoms with Gasteiger partial charge in [0.05, 0.1) is 6.10 Å². The predicted octanol–water partition coefficient (Wildman–Crippen LogP) is 2.89. The smallest absolute Gasteiger partial charge is 0.0726 e. The first-order valence-electron chi connectivity index (χ1n) is 5.52. The molecule has 1 heteroatoms. The van der Waals surface area contributed by atoms with Gasteiger partial charge in [-0.3, -0.25) is 0 Å². The van der Waals surface area contributed by atoms with Crippen LogP contribution in [-0.2, 0) is 0 Å². The van der Waals surface area contributed by atoms with Crippen molar-refractivity contribution in [3.8, 4) is 0 Å². The number of allylic oxidation sites excluding steroid dienone is 1. The third kappa shape index (κ3) is 1.34. The molecule has 1 fully saturated rings. The molecule has 1 saturated carbocycles. The molecule has 2 rings (SSSR count). The summed E-state index contributed by atoms with van der Waals surface area (Å²) in [5, 5.41) is 9.62. The van der Waals surface area contributed by atoms with E-state index in [9.17, 15) is 5.11 Å². The zero-order valence-electron chi connectivity index (χ0n) is 8.71. The maximum absolute atomic E-state index is 9.62. The van der Waals surface area contributed by atoms with Gasteiger partial charge in [0.2, 0.25) is 0 Å². The molecule has 0 aromatic carbocycles. The number of aliphatic hydroxyl groups excluding tert-OH is 1. The summed E-state index contributed by atoms with van der Waals surface area (Å²) in [5.41, 5.74) is 1.93. The summed E-state index contributed by atoms with van der Waals surface area (Å²) >= 11 is 0. The monoisotopic (exact) mass is 180 g/mol. The van der Waals surface area contributed by atoms with Crippen molar-refractivity contribution < 1.29 is 5.11 Å². The van der Waals surface area contributed by atoms with E-state index in [1.54, 1.807) is 0 Å². The van der Waals surface area contributed by atoms with Crippen molar-refractivity contribution in [2.24, 2.45) is 11.3 Å². The Hall–Kier alpha value is -0.300. The quantitative estimate of drug-likeness (QED) is 0.568. The van der Waals surface area contributed by atoms with Gasteiger partial charge >= 0.3 is 0 Å². The molecule has 0 bridgehead atoms. The van der Waals surface area contributed by atoms with Crippen LogP contribution in [0.5, 0.6) is 0 Å². The van der Waals surface area contributed by atoms with Crippen LogP contribution in [0.15, 0.2) is 11.6 Å². The van der Waals surface area contributed by atoms with Crippen molar-refractivity contribution in [3.63, 3.8) is 0 Å². The lowest BCUT2D eigenvalue weighted by atomic mass is 9.64. The van der Waals surface area contributed by atoms with Gasteiger partial charge in [0.15, 0.2) is 0 Å². The lowest BCUT2D eigenvalue weighted by Crippen LogP contribution is -2.34. The van der Waals surface area contributed by atoms with E-state index in [0.29, 0.717) is 11.3 Å². The Morgan fingerprint density at radius 2 is 2.00 bits per heavy atom. The van der Waals surface area contributed by atoms with Crippen molar-refractivity contribution in [2.45, 2.75) is 52.1 Å². The molecule has 0 aliphatic heterocycles. The minimum Gasteiger partial charge on any atom is -0.389 e. The Morgan fingerprint density at radius 1 is 1.38 bits per heavy atom. The van der Waals surface area contributed by atoms with E-state index in [0.717, 1.165) is 6.42 Å². The van der Waals surface area contributed by atoms with Crippen LogP contribution in [0.4, 0.5) is 0 Å². The molecule has 1 nitrogen and oxygen atoms in total. The predicted molar refractivity (Wildman–Crippen MR) is 54.4 cm³/mol. The average molecular weight is 180 g/mol. The average Bonchev–Trinajstić information content (AvgIpc) is 2.50. The highest BCUT2D eigenvalue weighted by molar-refractivity contribution is 5.21. The number of aliphatic hydroxyl groups is 1. The summed E-state index contributed by atoms with van der Waals surface area (Å²) in [6.45, 7) is 4.52. The van der Waals surface area contributed by atoms with Crippen LogP contribution in [0.2, 0.25) is 0 Å². The summed E-state index contributed by atoms with van der Waals surface area (Å²) in [6, 6.07) is 0. The third-order valence-electron chi connectivity index (χ3n) is 4.26. The fourth-order valence-corrected chi connectivity index (χ4v) is 3.39. The second-order valence-electron chi connectivity index (χ2n) is 4.92. The Bertz CT molecular complexity index is 223. The van der Waals surface area contributed by atoms with Crippen molar-refractivity contribution in [1.29, 1.82) is 0 Å². The first-order valence-corrected chi connectivity index (χ1v) is 5.52. The second kappa shape index (κ2) is 3.13. The van der Waals surface area contributed by atoms with E-state index < -0.39 is 0 Å². The molecular formula is C12H20O. The van der Waals surface area contributed by atoms with E-state index >= 15 is 0 Å². The lowest BCUT2D eigenvalue weighted by molar-refractivity contribution is 0.113. The first kappa shape index (κ1) is 9.26. The summed E-state index contributed by atoms with van der Waals surface area (Å²) in [7, 11) is 0.